The predicted molar refractivity (Wildman–Crippen MR) is 54.1 cm³/mol. The van der Waals surface area contributed by atoms with Crippen LogP contribution in [0, 0.1) is 0 Å². The molecule has 1 aromatic heterocycles. The summed E-state index contributed by atoms with van der Waals surface area (Å²) in [5.74, 6) is 0.936. The summed E-state index contributed by atoms with van der Waals surface area (Å²) in [7, 11) is 0. The maximum Gasteiger partial charge on any atom is 0.235 e. The monoisotopic (exact) mass is 190 g/mol. The van der Waals surface area contributed by atoms with Crippen LogP contribution in [0.15, 0.2) is 18.3 Å². The molecule has 2 rings (SSSR count). The average Bonchev–Trinajstić information content (AvgIpc) is 2.30. The lowest BCUT2D eigenvalue weighted by atomic mass is 10.3. The van der Waals surface area contributed by atoms with Gasteiger partial charge < -0.3 is 10.2 Å². The van der Waals surface area contributed by atoms with Crippen molar-refractivity contribution < 1.29 is 4.79 Å². The van der Waals surface area contributed by atoms with Gasteiger partial charge in [0, 0.05) is 37.9 Å². The summed E-state index contributed by atoms with van der Waals surface area (Å²) in [5, 5.41) is 3.28. The van der Waals surface area contributed by atoms with Gasteiger partial charge in [0.2, 0.25) is 6.29 Å². The molecule has 1 aromatic rings. The Kier molecular flexibility index (Phi) is 2.74. The molecule has 0 bridgehead atoms. The van der Waals surface area contributed by atoms with Crippen molar-refractivity contribution >= 4 is 12.1 Å². The summed E-state index contributed by atoms with van der Waals surface area (Å²) in [5.41, 5.74) is 0.504. The lowest BCUT2D eigenvalue weighted by Crippen LogP contribution is -2.43. The first kappa shape index (κ1) is 9.15. The van der Waals surface area contributed by atoms with E-state index in [4.69, 9.17) is 0 Å². The van der Waals surface area contributed by atoms with Crippen LogP contribution in [-0.2, 0) is 4.79 Å². The molecule has 0 unspecified atom stereocenters. The molecule has 0 spiro atoms. The van der Waals surface area contributed by atoms with Gasteiger partial charge in [0.05, 0.1) is 0 Å². The van der Waals surface area contributed by atoms with Crippen molar-refractivity contribution in [2.45, 2.75) is 0 Å². The van der Waals surface area contributed by atoms with Gasteiger partial charge in [-0.1, -0.05) is 0 Å². The topological polar surface area (TPSA) is 45.2 Å². The third-order valence-electron chi connectivity index (χ3n) is 2.31. The minimum Gasteiger partial charge on any atom is -0.354 e. The van der Waals surface area contributed by atoms with Crippen LogP contribution in [0.2, 0.25) is 0 Å². The first-order chi connectivity index (χ1) is 6.90. The summed E-state index contributed by atoms with van der Waals surface area (Å²) in [6.45, 7) is 3.92. The molecule has 1 N–H and O–H groups in total. The number of rotatable bonds is 2. The van der Waals surface area contributed by atoms with Crippen LogP contribution in [-0.4, -0.2) is 37.4 Å². The number of carbonyl (C=O) groups excluding carboxylic acids is 1. The molecule has 4 nitrogen and oxygen atoms in total. The number of anilines is 1. The van der Waals surface area contributed by atoms with Gasteiger partial charge in [-0.3, -0.25) is 4.79 Å². The molecule has 0 aromatic carbocycles. The molecule has 2 heterocycles. The van der Waals surface area contributed by atoms with E-state index in [-0.39, 0.29) is 0 Å². The van der Waals surface area contributed by atoms with E-state index in [1.807, 2.05) is 12.4 Å². The van der Waals surface area contributed by atoms with Crippen LogP contribution in [0.3, 0.4) is 0 Å². The van der Waals surface area contributed by atoms with E-state index in [2.05, 4.69) is 15.2 Å². The zero-order chi connectivity index (χ0) is 9.80. The van der Waals surface area contributed by atoms with Gasteiger partial charge in [-0.2, -0.15) is 0 Å². The second-order valence-corrected chi connectivity index (χ2v) is 3.24. The molecule has 4 heteroatoms. The number of nitrogens with one attached hydrogen (secondary N) is 1. The van der Waals surface area contributed by atoms with Crippen LogP contribution in [0.25, 0.3) is 0 Å². The highest BCUT2D eigenvalue weighted by molar-refractivity contribution is 5.75. The van der Waals surface area contributed by atoms with Crippen LogP contribution in [0.1, 0.15) is 5.56 Å². The summed E-state index contributed by atoms with van der Waals surface area (Å²) < 4.78 is 0. The third kappa shape index (κ3) is 1.90. The largest absolute Gasteiger partial charge is 0.354 e. The smallest absolute Gasteiger partial charge is 0.235 e. The quantitative estimate of drug-likeness (QED) is 0.710. The van der Waals surface area contributed by atoms with Crippen LogP contribution >= 0.6 is 0 Å². The Labute approximate surface area is 82.9 Å². The van der Waals surface area contributed by atoms with E-state index in [9.17, 15) is 4.79 Å². The van der Waals surface area contributed by atoms with Crippen LogP contribution in [0.4, 0.5) is 5.82 Å². The van der Waals surface area contributed by atoms with Crippen LogP contribution < -0.4 is 10.2 Å². The molecule has 0 amide bonds. The van der Waals surface area contributed by atoms with E-state index in [1.165, 1.54) is 0 Å². The second kappa shape index (κ2) is 4.19. The molecular weight excluding hydrogens is 178 g/mol. The van der Waals surface area contributed by atoms with E-state index in [0.29, 0.717) is 5.56 Å². The van der Waals surface area contributed by atoms with Crippen molar-refractivity contribution in [2.24, 2.45) is 0 Å². The zero-order valence-corrected chi connectivity index (χ0v) is 7.86. The summed E-state index contributed by atoms with van der Waals surface area (Å²) in [6, 6.07) is 3.61. The predicted octanol–water partition coefficient (Wildman–Crippen LogP) is -0.0510. The number of aromatic nitrogens is 1. The number of piperazine rings is 1. The highest BCUT2D eigenvalue weighted by Gasteiger charge is 2.10. The maximum absolute atomic E-state index is 10.3. The molecule has 14 heavy (non-hydrogen) atoms. The van der Waals surface area contributed by atoms with Crippen LogP contribution in [0.5, 0.6) is 0 Å². The van der Waals surface area contributed by atoms with Gasteiger partial charge in [-0.25, -0.2) is 4.98 Å². The Morgan fingerprint density at radius 1 is 1.36 bits per heavy atom. The minimum absolute atomic E-state index is 0.504. The maximum atomic E-state index is 10.3. The van der Waals surface area contributed by atoms with Crippen molar-refractivity contribution in [3.63, 3.8) is 0 Å². The van der Waals surface area contributed by atoms with E-state index in [0.717, 1.165) is 32.0 Å². The number of nitrogens with zero attached hydrogens (tertiary/aromatic N) is 2. The molecule has 1 fully saturated rings. The first-order valence-electron chi connectivity index (χ1n) is 4.70. The molecule has 0 atom stereocenters. The summed E-state index contributed by atoms with van der Waals surface area (Å²) in [6.07, 6.45) is 3.37. The fourth-order valence-corrected chi connectivity index (χ4v) is 1.53. The molecule has 1 radical (unpaired) electrons. The van der Waals surface area contributed by atoms with Gasteiger partial charge in [-0.05, 0) is 12.1 Å². The molecule has 1 saturated heterocycles. The Hall–Kier alpha value is -1.42. The molecular formula is C10H12N3O. The molecule has 0 aliphatic carbocycles. The van der Waals surface area contributed by atoms with E-state index in [1.54, 1.807) is 12.3 Å². The van der Waals surface area contributed by atoms with Gasteiger partial charge >= 0.3 is 0 Å². The van der Waals surface area contributed by atoms with E-state index >= 15 is 0 Å². The number of hydrogen-bond donors (Lipinski definition) is 1. The van der Waals surface area contributed by atoms with Crippen molar-refractivity contribution in [2.75, 3.05) is 31.1 Å². The first-order valence-corrected chi connectivity index (χ1v) is 4.70. The van der Waals surface area contributed by atoms with Crippen molar-refractivity contribution in [3.05, 3.63) is 23.9 Å². The van der Waals surface area contributed by atoms with Gasteiger partial charge in [0.25, 0.3) is 0 Å². The van der Waals surface area contributed by atoms with Gasteiger partial charge in [-0.15, -0.1) is 0 Å². The minimum atomic E-state index is 0.504. The van der Waals surface area contributed by atoms with Crippen molar-refractivity contribution in [1.82, 2.24) is 10.3 Å². The van der Waals surface area contributed by atoms with Crippen molar-refractivity contribution in [1.29, 1.82) is 0 Å². The summed E-state index contributed by atoms with van der Waals surface area (Å²) in [4.78, 5) is 16.7. The zero-order valence-electron chi connectivity index (χ0n) is 7.86. The standard InChI is InChI=1S/C10H12N3O/c14-8-9-1-2-10(12-7-9)13-5-3-11-4-6-13/h1-2,7,11H,3-6H2. The average molecular weight is 190 g/mol. The second-order valence-electron chi connectivity index (χ2n) is 3.24. The highest BCUT2D eigenvalue weighted by Crippen LogP contribution is 2.10. The summed E-state index contributed by atoms with van der Waals surface area (Å²) >= 11 is 0. The van der Waals surface area contributed by atoms with Gasteiger partial charge in [0.15, 0.2) is 0 Å². The fraction of sp³-hybridized carbons (Fsp3) is 0.400. The molecule has 73 valence electrons. The molecule has 1 aliphatic heterocycles. The molecule has 0 saturated carbocycles. The lowest BCUT2D eigenvalue weighted by Gasteiger charge is -2.28. The SMILES string of the molecule is O=[C]c1ccc(N2CCNCC2)nc1. The highest BCUT2D eigenvalue weighted by atomic mass is 16.1. The normalized spacial score (nSPS) is 16.7. The lowest BCUT2D eigenvalue weighted by molar-refractivity contribution is 0.562. The Balaban J connectivity index is 2.11. The van der Waals surface area contributed by atoms with Crippen molar-refractivity contribution in [3.8, 4) is 0 Å². The Bertz CT molecular complexity index is 304. The third-order valence-corrected chi connectivity index (χ3v) is 2.31. The number of hydrogen-bond acceptors (Lipinski definition) is 4. The Morgan fingerprint density at radius 2 is 2.14 bits per heavy atom. The van der Waals surface area contributed by atoms with Gasteiger partial charge in [0.1, 0.15) is 5.82 Å². The Morgan fingerprint density at radius 3 is 2.71 bits per heavy atom. The number of pyridine rings is 1. The van der Waals surface area contributed by atoms with E-state index < -0.39 is 0 Å². The molecule has 1 aliphatic rings. The fourth-order valence-electron chi connectivity index (χ4n) is 1.53.